The summed E-state index contributed by atoms with van der Waals surface area (Å²) in [4.78, 5) is 53.9. The first-order valence-corrected chi connectivity index (χ1v) is 12.9. The number of fused-ring (bicyclic) bond motifs is 2. The number of nitrogens with one attached hydrogen (secondary N) is 2. The molecular formula is C26H41N3O6. The van der Waals surface area contributed by atoms with Crippen molar-refractivity contribution in [2.75, 3.05) is 13.2 Å². The molecule has 2 heterocycles. The normalized spacial score (nSPS) is 32.8. The Morgan fingerprint density at radius 3 is 2.66 bits per heavy atom. The van der Waals surface area contributed by atoms with E-state index in [9.17, 15) is 19.2 Å². The van der Waals surface area contributed by atoms with Crippen molar-refractivity contribution in [2.45, 2.75) is 103 Å². The predicted molar refractivity (Wildman–Crippen MR) is 130 cm³/mol. The fraction of sp³-hybridized carbons (Fsp3) is 0.769. The summed E-state index contributed by atoms with van der Waals surface area (Å²) in [5.74, 6) is -1.06. The minimum absolute atomic E-state index is 0.111. The van der Waals surface area contributed by atoms with Crippen LogP contribution in [0.3, 0.4) is 0 Å². The fourth-order valence-electron chi connectivity index (χ4n) is 5.01. The molecule has 1 aliphatic carbocycles. The van der Waals surface area contributed by atoms with Crippen LogP contribution in [0.1, 0.15) is 79.6 Å². The van der Waals surface area contributed by atoms with Gasteiger partial charge < -0.3 is 25.0 Å². The molecule has 1 saturated carbocycles. The van der Waals surface area contributed by atoms with E-state index in [0.717, 1.165) is 25.7 Å². The lowest BCUT2D eigenvalue weighted by atomic mass is 10.0. The molecule has 2 N–H and O–H groups in total. The number of allylic oxidation sites excluding steroid dienone is 1. The third-order valence-corrected chi connectivity index (χ3v) is 6.82. The summed E-state index contributed by atoms with van der Waals surface area (Å²) < 4.78 is 10.7. The largest absolute Gasteiger partial charge is 0.464 e. The Labute approximate surface area is 208 Å². The van der Waals surface area contributed by atoms with Gasteiger partial charge in [0.25, 0.3) is 0 Å². The minimum Gasteiger partial charge on any atom is -0.464 e. The molecule has 196 valence electrons. The van der Waals surface area contributed by atoms with E-state index >= 15 is 0 Å². The molecule has 9 nitrogen and oxygen atoms in total. The second kappa shape index (κ2) is 11.0. The van der Waals surface area contributed by atoms with E-state index in [4.69, 9.17) is 9.47 Å². The third-order valence-electron chi connectivity index (χ3n) is 6.82. The van der Waals surface area contributed by atoms with Crippen LogP contribution in [0.4, 0.5) is 4.79 Å². The molecule has 3 amide bonds. The molecule has 2 fully saturated rings. The van der Waals surface area contributed by atoms with Crippen LogP contribution in [0.25, 0.3) is 0 Å². The molecule has 0 aromatic heterocycles. The van der Waals surface area contributed by atoms with Crippen LogP contribution in [-0.4, -0.2) is 65.2 Å². The molecule has 0 aromatic carbocycles. The summed E-state index contributed by atoms with van der Waals surface area (Å²) in [5.41, 5.74) is -1.76. The van der Waals surface area contributed by atoms with Crippen LogP contribution < -0.4 is 10.6 Å². The lowest BCUT2D eigenvalue weighted by Gasteiger charge is -2.30. The van der Waals surface area contributed by atoms with Gasteiger partial charge in [-0.15, -0.1) is 0 Å². The average Bonchev–Trinajstić information content (AvgIpc) is 3.30. The highest BCUT2D eigenvalue weighted by Gasteiger charge is 2.62. The van der Waals surface area contributed by atoms with Crippen molar-refractivity contribution in [3.05, 3.63) is 12.2 Å². The smallest absolute Gasteiger partial charge is 0.408 e. The highest BCUT2D eigenvalue weighted by Crippen LogP contribution is 2.46. The van der Waals surface area contributed by atoms with E-state index in [2.05, 4.69) is 16.7 Å². The number of hydrogen-bond donors (Lipinski definition) is 2. The summed E-state index contributed by atoms with van der Waals surface area (Å²) in [6, 6.07) is -1.49. The maximum Gasteiger partial charge on any atom is 0.408 e. The summed E-state index contributed by atoms with van der Waals surface area (Å²) >= 11 is 0. The van der Waals surface area contributed by atoms with E-state index in [1.165, 1.54) is 0 Å². The van der Waals surface area contributed by atoms with Crippen LogP contribution in [-0.2, 0) is 23.9 Å². The van der Waals surface area contributed by atoms with Gasteiger partial charge in [0.05, 0.1) is 6.61 Å². The molecular weight excluding hydrogens is 450 g/mol. The van der Waals surface area contributed by atoms with E-state index in [1.807, 2.05) is 13.0 Å². The Balaban J connectivity index is 1.84. The van der Waals surface area contributed by atoms with Gasteiger partial charge in [0.15, 0.2) is 0 Å². The maximum atomic E-state index is 13.6. The summed E-state index contributed by atoms with van der Waals surface area (Å²) in [7, 11) is 0. The van der Waals surface area contributed by atoms with E-state index in [1.54, 1.807) is 32.6 Å². The molecule has 3 rings (SSSR count). The van der Waals surface area contributed by atoms with Crippen molar-refractivity contribution in [3.8, 4) is 0 Å². The molecule has 0 aromatic rings. The second-order valence-electron chi connectivity index (χ2n) is 11.1. The predicted octanol–water partition coefficient (Wildman–Crippen LogP) is 3.08. The molecule has 0 radical (unpaired) electrons. The standard InChI is InChI=1S/C26H41N3O6/c1-6-34-23(32)26-15-18(26)12-10-8-7-9-11-13-19(27-24(33)35-25(3,4)5)22(31)29-16-17(2)14-20(29)21(30)28-26/h10,12,17-20H,6-9,11,13-16H2,1-5H3,(H,27,33)(H,28,30)/b12-10-/t17-,18+,19-,20-,26+/m0/s1. The first-order chi connectivity index (χ1) is 16.5. The summed E-state index contributed by atoms with van der Waals surface area (Å²) in [6.45, 7) is 9.69. The Kier molecular flexibility index (Phi) is 8.49. The molecule has 2 aliphatic heterocycles. The zero-order valence-electron chi connectivity index (χ0n) is 21.7. The van der Waals surface area contributed by atoms with Gasteiger partial charge in [0, 0.05) is 12.5 Å². The van der Waals surface area contributed by atoms with Gasteiger partial charge in [0.2, 0.25) is 11.8 Å². The van der Waals surface area contributed by atoms with Crippen molar-refractivity contribution >= 4 is 23.9 Å². The van der Waals surface area contributed by atoms with E-state index in [0.29, 0.717) is 25.8 Å². The number of rotatable bonds is 3. The first kappa shape index (κ1) is 27.0. The van der Waals surface area contributed by atoms with Crippen molar-refractivity contribution in [3.63, 3.8) is 0 Å². The first-order valence-electron chi connectivity index (χ1n) is 12.9. The van der Waals surface area contributed by atoms with Gasteiger partial charge in [0.1, 0.15) is 23.2 Å². The number of hydrogen-bond acceptors (Lipinski definition) is 6. The number of esters is 1. The number of alkyl carbamates (subject to hydrolysis) is 1. The molecule has 5 atom stereocenters. The van der Waals surface area contributed by atoms with Gasteiger partial charge in [-0.2, -0.15) is 0 Å². The van der Waals surface area contributed by atoms with Crippen molar-refractivity contribution in [1.82, 2.24) is 15.5 Å². The highest BCUT2D eigenvalue weighted by molar-refractivity contribution is 5.96. The zero-order chi connectivity index (χ0) is 25.8. The van der Waals surface area contributed by atoms with Crippen molar-refractivity contribution in [1.29, 1.82) is 0 Å². The minimum atomic E-state index is -1.07. The Morgan fingerprint density at radius 2 is 1.97 bits per heavy atom. The lowest BCUT2D eigenvalue weighted by Crippen LogP contribution is -2.56. The average molecular weight is 492 g/mol. The number of amides is 3. The number of ether oxygens (including phenoxy) is 2. The van der Waals surface area contributed by atoms with Gasteiger partial charge in [-0.05, 0) is 65.7 Å². The van der Waals surface area contributed by atoms with E-state index < -0.39 is 35.3 Å². The monoisotopic (exact) mass is 491 g/mol. The summed E-state index contributed by atoms with van der Waals surface area (Å²) in [5, 5.41) is 5.70. The second-order valence-corrected chi connectivity index (χ2v) is 11.1. The molecule has 35 heavy (non-hydrogen) atoms. The molecule has 1 saturated heterocycles. The number of nitrogens with zero attached hydrogens (tertiary/aromatic N) is 1. The van der Waals surface area contributed by atoms with Crippen LogP contribution >= 0.6 is 0 Å². The quantitative estimate of drug-likeness (QED) is 0.463. The van der Waals surface area contributed by atoms with Gasteiger partial charge >= 0.3 is 12.1 Å². The third kappa shape index (κ3) is 6.76. The number of carbonyl (C=O) groups excluding carboxylic acids is 4. The molecule has 3 aliphatic rings. The maximum absolute atomic E-state index is 13.6. The Hall–Kier alpha value is -2.58. The SMILES string of the molecule is CCOC(=O)[C@@]12C[C@H]1/C=C\CCCCC[C@H](NC(=O)OC(C)(C)C)C(=O)N1C[C@@H](C)C[C@H]1C(=O)N2. The summed E-state index contributed by atoms with van der Waals surface area (Å²) in [6.07, 6.45) is 8.30. The Morgan fingerprint density at radius 1 is 1.23 bits per heavy atom. The lowest BCUT2D eigenvalue weighted by molar-refractivity contribution is -0.150. The molecule has 9 heteroatoms. The van der Waals surface area contributed by atoms with E-state index in [-0.39, 0.29) is 30.3 Å². The van der Waals surface area contributed by atoms with Gasteiger partial charge in [-0.25, -0.2) is 9.59 Å². The number of carbonyl (C=O) groups is 4. The van der Waals surface area contributed by atoms with Gasteiger partial charge in [-0.1, -0.05) is 31.9 Å². The fourth-order valence-corrected chi connectivity index (χ4v) is 5.01. The Bertz CT molecular complexity index is 851. The molecule has 0 spiro atoms. The zero-order valence-corrected chi connectivity index (χ0v) is 21.7. The van der Waals surface area contributed by atoms with Crippen LogP contribution in [0.15, 0.2) is 12.2 Å². The van der Waals surface area contributed by atoms with Crippen LogP contribution in [0, 0.1) is 11.8 Å². The van der Waals surface area contributed by atoms with Crippen molar-refractivity contribution < 1.29 is 28.7 Å². The van der Waals surface area contributed by atoms with Gasteiger partial charge in [-0.3, -0.25) is 9.59 Å². The molecule has 0 bridgehead atoms. The van der Waals surface area contributed by atoms with Crippen LogP contribution in [0.5, 0.6) is 0 Å². The van der Waals surface area contributed by atoms with Crippen molar-refractivity contribution in [2.24, 2.45) is 11.8 Å². The van der Waals surface area contributed by atoms with Crippen LogP contribution in [0.2, 0.25) is 0 Å². The topological polar surface area (TPSA) is 114 Å². The highest BCUT2D eigenvalue weighted by atomic mass is 16.6. The molecule has 0 unspecified atom stereocenters.